The van der Waals surface area contributed by atoms with Gasteiger partial charge in [0.2, 0.25) is 0 Å². The molecule has 0 saturated heterocycles. The number of carboxylic acid groups (broad SMARTS) is 1. The predicted molar refractivity (Wildman–Crippen MR) is 29.5 cm³/mol. The van der Waals surface area contributed by atoms with Crippen molar-refractivity contribution in [2.75, 3.05) is 5.75 Å². The van der Waals surface area contributed by atoms with Crippen LogP contribution in [-0.4, -0.2) is 22.9 Å². The second-order valence-corrected chi connectivity index (χ2v) is 1.49. The molecule has 46 valence electrons. The van der Waals surface area contributed by atoms with E-state index < -0.39 is 12.0 Å². The maximum Gasteiger partial charge on any atom is 0.321 e. The van der Waals surface area contributed by atoms with Gasteiger partial charge in [0.15, 0.2) is 0 Å². The minimum absolute atomic E-state index is 0. The Morgan fingerprint density at radius 3 is 2.11 bits per heavy atom. The Labute approximate surface area is 92.1 Å². The third kappa shape index (κ3) is 9.33. The summed E-state index contributed by atoms with van der Waals surface area (Å²) in [5.74, 6) is -0.815. The number of carboxylic acids is 1. The standard InChI is InChI=1S/C3H7NO2S.Cd.Zn/c4-2(1-7)3(5)6;;/h2,7H,1,4H2,(H,5,6);;. The van der Waals surface area contributed by atoms with Crippen molar-refractivity contribution in [3.8, 4) is 0 Å². The van der Waals surface area contributed by atoms with Gasteiger partial charge in [-0.05, 0) is 0 Å². The van der Waals surface area contributed by atoms with Gasteiger partial charge in [-0.3, -0.25) is 4.79 Å². The van der Waals surface area contributed by atoms with Gasteiger partial charge in [-0.1, -0.05) is 0 Å². The van der Waals surface area contributed by atoms with Crippen LogP contribution in [-0.2, 0) is 51.6 Å². The summed E-state index contributed by atoms with van der Waals surface area (Å²) in [6.45, 7) is 0. The van der Waals surface area contributed by atoms with Crippen molar-refractivity contribution in [1.29, 1.82) is 0 Å². The van der Waals surface area contributed by atoms with Gasteiger partial charge in [0.05, 0.1) is 0 Å². The van der Waals surface area contributed by atoms with E-state index in [1.54, 1.807) is 0 Å². The molecule has 1 atom stereocenters. The average Bonchev–Trinajstić information content (AvgIpc) is 1.65. The van der Waals surface area contributed by atoms with E-state index in [2.05, 4.69) is 12.6 Å². The molecule has 0 saturated carbocycles. The fourth-order valence-corrected chi connectivity index (χ4v) is 0.234. The third-order valence-electron chi connectivity index (χ3n) is 0.514. The number of nitrogens with two attached hydrogens (primary N) is 1. The summed E-state index contributed by atoms with van der Waals surface area (Å²) in [7, 11) is 0. The molecule has 0 aromatic heterocycles. The normalized spacial score (nSPS) is 10.4. The maximum absolute atomic E-state index is 9.76. The van der Waals surface area contributed by atoms with E-state index in [-0.39, 0.29) is 52.5 Å². The Hall–Kier alpha value is 1.33. The van der Waals surface area contributed by atoms with Crippen molar-refractivity contribution in [2.24, 2.45) is 5.73 Å². The van der Waals surface area contributed by atoms with Crippen molar-refractivity contribution >= 4 is 18.6 Å². The van der Waals surface area contributed by atoms with Crippen LogP contribution in [0.2, 0.25) is 0 Å². The van der Waals surface area contributed by atoms with Crippen LogP contribution in [0.4, 0.5) is 0 Å². The summed E-state index contributed by atoms with van der Waals surface area (Å²) in [5.41, 5.74) is 4.94. The summed E-state index contributed by atoms with van der Waals surface area (Å²) >= 11 is 3.65. The van der Waals surface area contributed by atoms with Crippen molar-refractivity contribution in [2.45, 2.75) is 6.04 Å². The number of aliphatic carboxylic acids is 1. The van der Waals surface area contributed by atoms with E-state index in [4.69, 9.17) is 10.8 Å². The largest absolute Gasteiger partial charge is 0.480 e. The van der Waals surface area contributed by atoms with Gasteiger partial charge < -0.3 is 10.8 Å². The predicted octanol–water partition coefficient (Wildman–Crippen LogP) is -0.677. The molecule has 1 unspecified atom stereocenters. The molecule has 0 aliphatic carbocycles. The number of thiol groups is 1. The molecule has 0 amide bonds. The summed E-state index contributed by atoms with van der Waals surface area (Å²) in [6, 6.07) is -0.816. The fourth-order valence-electron chi connectivity index (χ4n) is 0.0781. The summed E-state index contributed by atoms with van der Waals surface area (Å²) in [5, 5.41) is 8.01. The quantitative estimate of drug-likeness (QED) is 0.468. The van der Waals surface area contributed by atoms with E-state index in [9.17, 15) is 4.79 Å². The van der Waals surface area contributed by atoms with Crippen LogP contribution in [0.5, 0.6) is 0 Å². The smallest absolute Gasteiger partial charge is 0.321 e. The molecule has 0 aromatic rings. The third-order valence-corrected chi connectivity index (χ3v) is 0.907. The van der Waals surface area contributed by atoms with Gasteiger partial charge in [-0.15, -0.1) is 0 Å². The molecule has 9 heavy (non-hydrogen) atoms. The molecule has 0 heterocycles. The maximum atomic E-state index is 9.76. The number of carbonyl (C=O) groups is 1. The molecule has 0 aromatic carbocycles. The topological polar surface area (TPSA) is 63.3 Å². The van der Waals surface area contributed by atoms with Crippen LogP contribution < -0.4 is 5.73 Å². The first-order valence-electron chi connectivity index (χ1n) is 1.77. The van der Waals surface area contributed by atoms with E-state index in [0.717, 1.165) is 0 Å². The number of rotatable bonds is 2. The van der Waals surface area contributed by atoms with Gasteiger partial charge in [0.25, 0.3) is 0 Å². The fraction of sp³-hybridized carbons (Fsp3) is 0.667. The van der Waals surface area contributed by atoms with Crippen LogP contribution in [0.1, 0.15) is 0 Å². The van der Waals surface area contributed by atoms with Crippen LogP contribution in [0, 0.1) is 0 Å². The number of hydrogen-bond donors (Lipinski definition) is 3. The van der Waals surface area contributed by atoms with Crippen molar-refractivity contribution < 1.29 is 56.7 Å². The molecule has 0 aliphatic rings. The van der Waals surface area contributed by atoms with Crippen LogP contribution in [0.15, 0.2) is 0 Å². The molecule has 0 rings (SSSR count). The second kappa shape index (κ2) is 9.33. The van der Waals surface area contributed by atoms with E-state index in [0.29, 0.717) is 0 Å². The van der Waals surface area contributed by atoms with Gasteiger partial charge in [-0.25, -0.2) is 0 Å². The van der Waals surface area contributed by atoms with Crippen molar-refractivity contribution in [3.05, 3.63) is 0 Å². The van der Waals surface area contributed by atoms with Crippen LogP contribution in [0.25, 0.3) is 0 Å². The Balaban J connectivity index is -0.000000180. The SMILES string of the molecule is NC(CS)C(=O)O.[Cd].[Zn]. The second-order valence-electron chi connectivity index (χ2n) is 1.13. The minimum Gasteiger partial charge on any atom is -0.480 e. The van der Waals surface area contributed by atoms with Gasteiger partial charge in [0, 0.05) is 52.5 Å². The van der Waals surface area contributed by atoms with Gasteiger partial charge in [-0.2, -0.15) is 12.6 Å². The first-order valence-corrected chi connectivity index (χ1v) is 2.41. The van der Waals surface area contributed by atoms with E-state index >= 15 is 0 Å². The van der Waals surface area contributed by atoms with Crippen LogP contribution in [0.3, 0.4) is 0 Å². The van der Waals surface area contributed by atoms with Gasteiger partial charge in [0.1, 0.15) is 6.04 Å². The van der Waals surface area contributed by atoms with Gasteiger partial charge >= 0.3 is 5.97 Å². The Morgan fingerprint density at radius 1 is 1.78 bits per heavy atom. The molecular weight excluding hydrogens is 292 g/mol. The zero-order valence-electron chi connectivity index (χ0n) is 5.08. The molecule has 0 bridgehead atoms. The molecule has 0 spiro atoms. The van der Waals surface area contributed by atoms with Crippen LogP contribution >= 0.6 is 12.6 Å². The molecule has 6 heteroatoms. The monoisotopic (exact) mass is 299 g/mol. The average molecular weight is 299 g/mol. The van der Waals surface area contributed by atoms with Crippen molar-refractivity contribution in [1.82, 2.24) is 0 Å². The zero-order valence-corrected chi connectivity index (χ0v) is 13.0. The van der Waals surface area contributed by atoms with E-state index in [1.165, 1.54) is 0 Å². The van der Waals surface area contributed by atoms with E-state index in [1.807, 2.05) is 0 Å². The first kappa shape index (κ1) is 16.7. The first-order chi connectivity index (χ1) is 3.18. The molecular formula is C3H7CdNO2SZn. The molecule has 0 aliphatic heterocycles. The molecule has 0 fully saturated rings. The number of hydrogen-bond acceptors (Lipinski definition) is 3. The summed E-state index contributed by atoms with van der Waals surface area (Å²) in [4.78, 5) is 9.76. The molecule has 3 N–H and O–H groups in total. The Kier molecular flexibility index (Phi) is 17.3. The minimum atomic E-state index is -1.00. The zero-order chi connectivity index (χ0) is 5.86. The molecule has 3 nitrogen and oxygen atoms in total. The summed E-state index contributed by atoms with van der Waals surface area (Å²) < 4.78 is 0. The Morgan fingerprint density at radius 2 is 2.11 bits per heavy atom. The Bertz CT molecular complexity index is 84.2. The molecule has 0 radical (unpaired) electrons. The van der Waals surface area contributed by atoms with Crippen molar-refractivity contribution in [3.63, 3.8) is 0 Å². The summed E-state index contributed by atoms with van der Waals surface area (Å²) in [6.07, 6.45) is 0.